The van der Waals surface area contributed by atoms with E-state index in [2.05, 4.69) is 13.8 Å². The lowest BCUT2D eigenvalue weighted by Gasteiger charge is -2.20. The maximum Gasteiger partial charge on any atom is 0.329 e. The second-order valence-corrected chi connectivity index (χ2v) is 9.05. The third-order valence-electron chi connectivity index (χ3n) is 5.82. The molecule has 0 saturated heterocycles. The highest BCUT2D eigenvalue weighted by atomic mass is 16.5. The van der Waals surface area contributed by atoms with Gasteiger partial charge in [-0.25, -0.2) is 4.79 Å². The van der Waals surface area contributed by atoms with Gasteiger partial charge in [0.05, 0.1) is 25.4 Å². The second kappa shape index (κ2) is 24.0. The van der Waals surface area contributed by atoms with Gasteiger partial charge < -0.3 is 19.7 Å². The van der Waals surface area contributed by atoms with Gasteiger partial charge in [0.15, 0.2) is 0 Å². The molecule has 0 spiro atoms. The summed E-state index contributed by atoms with van der Waals surface area (Å²) < 4.78 is 11.2. The third-order valence-corrected chi connectivity index (χ3v) is 5.82. The molecular weight excluding hydrogens is 392 g/mol. The summed E-state index contributed by atoms with van der Waals surface area (Å²) in [6, 6.07) is 0. The number of ether oxygens (including phenoxy) is 2. The van der Waals surface area contributed by atoms with Crippen molar-refractivity contribution in [3.05, 3.63) is 0 Å². The highest BCUT2D eigenvalue weighted by Gasteiger charge is 2.13. The smallest absolute Gasteiger partial charge is 0.329 e. The van der Waals surface area contributed by atoms with E-state index in [4.69, 9.17) is 14.6 Å². The molecule has 0 heterocycles. The van der Waals surface area contributed by atoms with Gasteiger partial charge in [-0.15, -0.1) is 0 Å². The number of hydrogen-bond acceptors (Lipinski definition) is 4. The number of carboxylic acids is 1. The molecule has 0 aromatic carbocycles. The van der Waals surface area contributed by atoms with Crippen LogP contribution in [0.1, 0.15) is 129 Å². The van der Waals surface area contributed by atoms with E-state index in [0.717, 1.165) is 25.7 Å². The number of hydrogen-bond donors (Lipinski definition) is 2. The Balaban J connectivity index is 3.89. The van der Waals surface area contributed by atoms with E-state index in [1.165, 1.54) is 89.9 Å². The Morgan fingerprint density at radius 1 is 0.677 bits per heavy atom. The molecule has 31 heavy (non-hydrogen) atoms. The number of carbonyl (C=O) groups is 1. The lowest BCUT2D eigenvalue weighted by Crippen LogP contribution is -2.26. The van der Waals surface area contributed by atoms with E-state index in [1.54, 1.807) is 0 Å². The van der Waals surface area contributed by atoms with Crippen LogP contribution in [0.25, 0.3) is 0 Å². The number of aliphatic carboxylic acids is 1. The summed E-state index contributed by atoms with van der Waals surface area (Å²) in [5, 5.41) is 19.0. The SMILES string of the molecule is CCCCCCCCCCC(O)COC(CCCCCCCCCC)COCC(=O)O. The third kappa shape index (κ3) is 23.8. The summed E-state index contributed by atoms with van der Waals surface area (Å²) in [4.78, 5) is 10.7. The first-order valence-corrected chi connectivity index (χ1v) is 13.2. The molecule has 0 bridgehead atoms. The summed E-state index contributed by atoms with van der Waals surface area (Å²) in [5.74, 6) is -0.958. The second-order valence-electron chi connectivity index (χ2n) is 9.05. The number of rotatable bonds is 25. The fourth-order valence-electron chi connectivity index (χ4n) is 3.84. The largest absolute Gasteiger partial charge is 0.480 e. The van der Waals surface area contributed by atoms with Crippen LogP contribution in [0.15, 0.2) is 0 Å². The highest BCUT2D eigenvalue weighted by Crippen LogP contribution is 2.14. The van der Waals surface area contributed by atoms with Crippen LogP contribution in [0, 0.1) is 0 Å². The van der Waals surface area contributed by atoms with Crippen molar-refractivity contribution < 1.29 is 24.5 Å². The van der Waals surface area contributed by atoms with E-state index < -0.39 is 12.1 Å². The molecule has 0 aliphatic carbocycles. The Morgan fingerprint density at radius 3 is 1.61 bits per heavy atom. The van der Waals surface area contributed by atoms with Crippen LogP contribution in [0.3, 0.4) is 0 Å². The highest BCUT2D eigenvalue weighted by molar-refractivity contribution is 5.67. The zero-order valence-electron chi connectivity index (χ0n) is 20.6. The van der Waals surface area contributed by atoms with Gasteiger partial charge in [-0.1, -0.05) is 117 Å². The summed E-state index contributed by atoms with van der Waals surface area (Å²) in [6.45, 7) is 4.78. The Labute approximate surface area is 192 Å². The summed E-state index contributed by atoms with van der Waals surface area (Å²) >= 11 is 0. The molecule has 2 atom stereocenters. The minimum atomic E-state index is -0.958. The van der Waals surface area contributed by atoms with Crippen molar-refractivity contribution in [1.82, 2.24) is 0 Å². The molecule has 0 aromatic rings. The van der Waals surface area contributed by atoms with Crippen LogP contribution >= 0.6 is 0 Å². The molecule has 0 aliphatic rings. The predicted octanol–water partition coefficient (Wildman–Crippen LogP) is 6.90. The molecule has 0 aromatic heterocycles. The first kappa shape index (κ1) is 30.4. The fourth-order valence-corrected chi connectivity index (χ4v) is 3.84. The molecule has 2 N–H and O–H groups in total. The monoisotopic (exact) mass is 444 g/mol. The zero-order valence-corrected chi connectivity index (χ0v) is 20.6. The van der Waals surface area contributed by atoms with Gasteiger partial charge in [0, 0.05) is 0 Å². The molecule has 186 valence electrons. The van der Waals surface area contributed by atoms with Crippen LogP contribution in [0.4, 0.5) is 0 Å². The first-order chi connectivity index (χ1) is 15.1. The van der Waals surface area contributed by atoms with Crippen LogP contribution in [-0.2, 0) is 14.3 Å². The van der Waals surface area contributed by atoms with Crippen molar-refractivity contribution >= 4 is 5.97 Å². The van der Waals surface area contributed by atoms with E-state index in [-0.39, 0.29) is 19.3 Å². The average Bonchev–Trinajstić information content (AvgIpc) is 2.75. The van der Waals surface area contributed by atoms with Crippen LogP contribution in [0.2, 0.25) is 0 Å². The van der Waals surface area contributed by atoms with Crippen molar-refractivity contribution in [2.45, 2.75) is 142 Å². The normalized spacial score (nSPS) is 13.4. The lowest BCUT2D eigenvalue weighted by atomic mass is 10.1. The van der Waals surface area contributed by atoms with Crippen molar-refractivity contribution in [2.75, 3.05) is 19.8 Å². The Kier molecular flexibility index (Phi) is 23.5. The first-order valence-electron chi connectivity index (χ1n) is 13.2. The Morgan fingerprint density at radius 2 is 1.13 bits per heavy atom. The molecule has 0 radical (unpaired) electrons. The van der Waals surface area contributed by atoms with Gasteiger partial charge in [-0.05, 0) is 12.8 Å². The summed E-state index contributed by atoms with van der Waals surface area (Å²) in [5.41, 5.74) is 0. The minimum absolute atomic E-state index is 0.132. The van der Waals surface area contributed by atoms with E-state index in [0.29, 0.717) is 6.61 Å². The van der Waals surface area contributed by atoms with Crippen molar-refractivity contribution in [3.8, 4) is 0 Å². The summed E-state index contributed by atoms with van der Waals surface area (Å²) in [7, 11) is 0. The quantitative estimate of drug-likeness (QED) is 0.150. The van der Waals surface area contributed by atoms with Crippen molar-refractivity contribution in [2.24, 2.45) is 0 Å². The molecule has 5 heteroatoms. The van der Waals surface area contributed by atoms with Crippen molar-refractivity contribution in [1.29, 1.82) is 0 Å². The van der Waals surface area contributed by atoms with Gasteiger partial charge in [0.25, 0.3) is 0 Å². The molecule has 0 aliphatic heterocycles. The number of aliphatic hydroxyl groups is 1. The topological polar surface area (TPSA) is 76.0 Å². The Bertz CT molecular complexity index is 375. The zero-order chi connectivity index (χ0) is 23.0. The van der Waals surface area contributed by atoms with E-state index in [1.807, 2.05) is 0 Å². The number of unbranched alkanes of at least 4 members (excludes halogenated alkanes) is 14. The molecular formula is C26H52O5. The molecule has 0 rings (SSSR count). The number of aliphatic hydroxyl groups excluding tert-OH is 1. The van der Waals surface area contributed by atoms with Gasteiger partial charge >= 0.3 is 5.97 Å². The predicted molar refractivity (Wildman–Crippen MR) is 129 cm³/mol. The van der Waals surface area contributed by atoms with Crippen LogP contribution in [0.5, 0.6) is 0 Å². The average molecular weight is 445 g/mol. The minimum Gasteiger partial charge on any atom is -0.480 e. The molecule has 0 saturated carbocycles. The summed E-state index contributed by atoms with van der Waals surface area (Å²) in [6.07, 6.45) is 21.1. The maximum atomic E-state index is 10.7. The number of carboxylic acid groups (broad SMARTS) is 1. The molecule has 0 fully saturated rings. The van der Waals surface area contributed by atoms with Crippen LogP contribution < -0.4 is 0 Å². The Hall–Kier alpha value is -0.650. The van der Waals surface area contributed by atoms with Gasteiger partial charge in [0.2, 0.25) is 0 Å². The van der Waals surface area contributed by atoms with Crippen molar-refractivity contribution in [3.63, 3.8) is 0 Å². The standard InChI is InChI=1S/C26H52O5/c1-3-5-7-9-11-13-15-17-19-24(27)21-31-25(22-30-23-26(28)29)20-18-16-14-12-10-8-6-4-2/h24-25,27H,3-23H2,1-2H3,(H,28,29). The van der Waals surface area contributed by atoms with Gasteiger partial charge in [0.1, 0.15) is 6.61 Å². The molecule has 0 amide bonds. The van der Waals surface area contributed by atoms with Crippen LogP contribution in [-0.4, -0.2) is 48.2 Å². The van der Waals surface area contributed by atoms with E-state index >= 15 is 0 Å². The lowest BCUT2D eigenvalue weighted by molar-refractivity contribution is -0.144. The fraction of sp³-hybridized carbons (Fsp3) is 0.962. The van der Waals surface area contributed by atoms with Gasteiger partial charge in [-0.2, -0.15) is 0 Å². The molecule has 2 unspecified atom stereocenters. The van der Waals surface area contributed by atoms with Gasteiger partial charge in [-0.3, -0.25) is 0 Å². The maximum absolute atomic E-state index is 10.7. The molecule has 5 nitrogen and oxygen atoms in total. The van der Waals surface area contributed by atoms with E-state index in [9.17, 15) is 9.90 Å².